The van der Waals surface area contributed by atoms with E-state index in [9.17, 15) is 13.2 Å². The number of carbonyl (C=O) groups is 1. The molecule has 0 N–H and O–H groups in total. The summed E-state index contributed by atoms with van der Waals surface area (Å²) in [4.78, 5) is 19.4. The number of fused-ring (bicyclic) bond motifs is 1. The van der Waals surface area contributed by atoms with Gasteiger partial charge in [-0.3, -0.25) is 4.90 Å². The van der Waals surface area contributed by atoms with E-state index in [1.54, 1.807) is 54.6 Å². The van der Waals surface area contributed by atoms with Crippen molar-refractivity contribution in [2.75, 3.05) is 23.4 Å². The maximum absolute atomic E-state index is 13.6. The lowest BCUT2D eigenvalue weighted by Gasteiger charge is -2.35. The van der Waals surface area contributed by atoms with Gasteiger partial charge in [0.25, 0.3) is 10.0 Å². The van der Waals surface area contributed by atoms with Crippen molar-refractivity contribution >= 4 is 27.4 Å². The molecule has 3 aromatic carbocycles. The standard InChI is InChI=1S/C25H22N4O6S/c1-16-8-6-9-17(14-16)29-25(30)28(19-11-4-5-13-21(19)36(29,31)32)15-22-26-24(27-35-22)18-10-7-12-20(33-2)23(18)34-3/h4-14H,15H2,1-3H3. The highest BCUT2D eigenvalue weighted by molar-refractivity contribution is 7.94. The van der Waals surface area contributed by atoms with Crippen molar-refractivity contribution in [2.24, 2.45) is 0 Å². The number of ether oxygens (including phenoxy) is 2. The SMILES string of the molecule is COc1cccc(-c2noc(CN3C(=O)N(c4cccc(C)c4)S(=O)(=O)c4ccccc43)n2)c1OC. The molecule has 1 aliphatic rings. The fourth-order valence-corrected chi connectivity index (χ4v) is 5.68. The molecule has 1 aliphatic heterocycles. The maximum Gasteiger partial charge on any atom is 0.343 e. The van der Waals surface area contributed by atoms with Crippen molar-refractivity contribution < 1.29 is 27.2 Å². The minimum absolute atomic E-state index is 0.000287. The summed E-state index contributed by atoms with van der Waals surface area (Å²) in [5.41, 5.74) is 1.83. The zero-order valence-corrected chi connectivity index (χ0v) is 20.5. The number of rotatable bonds is 6. The minimum Gasteiger partial charge on any atom is -0.493 e. The van der Waals surface area contributed by atoms with E-state index < -0.39 is 16.1 Å². The first-order chi connectivity index (χ1) is 17.3. The molecule has 0 saturated heterocycles. The number of anilines is 2. The molecular formula is C25H22N4O6S. The van der Waals surface area contributed by atoms with Crippen molar-refractivity contribution in [1.82, 2.24) is 10.1 Å². The average Bonchev–Trinajstić information content (AvgIpc) is 3.34. The topological polar surface area (TPSA) is 115 Å². The van der Waals surface area contributed by atoms with Crippen LogP contribution in [0.4, 0.5) is 16.2 Å². The van der Waals surface area contributed by atoms with Gasteiger partial charge in [-0.25, -0.2) is 13.2 Å². The number of aromatic nitrogens is 2. The normalized spacial score (nSPS) is 14.5. The second-order valence-corrected chi connectivity index (χ2v) is 9.75. The first-order valence-corrected chi connectivity index (χ1v) is 12.4. The van der Waals surface area contributed by atoms with Crippen molar-refractivity contribution in [2.45, 2.75) is 18.4 Å². The Hall–Kier alpha value is -4.38. The van der Waals surface area contributed by atoms with E-state index in [0.29, 0.717) is 17.1 Å². The van der Waals surface area contributed by atoms with Crippen LogP contribution in [0.3, 0.4) is 0 Å². The fraction of sp³-hybridized carbons (Fsp3) is 0.160. The molecule has 0 fully saturated rings. The van der Waals surface area contributed by atoms with Crippen LogP contribution in [-0.4, -0.2) is 38.8 Å². The Labute approximate surface area is 207 Å². The van der Waals surface area contributed by atoms with Crippen LogP contribution in [0, 0.1) is 6.92 Å². The number of aryl methyl sites for hydroxylation is 1. The van der Waals surface area contributed by atoms with Gasteiger partial charge in [-0.15, -0.1) is 0 Å². The third kappa shape index (κ3) is 3.83. The molecule has 0 atom stereocenters. The van der Waals surface area contributed by atoms with Crippen LogP contribution in [0.2, 0.25) is 0 Å². The first-order valence-electron chi connectivity index (χ1n) is 10.9. The highest BCUT2D eigenvalue weighted by Crippen LogP contribution is 2.39. The molecule has 2 amide bonds. The van der Waals surface area contributed by atoms with Gasteiger partial charge in [0.1, 0.15) is 11.4 Å². The number of methoxy groups -OCH3 is 2. The fourth-order valence-electron chi connectivity index (χ4n) is 4.10. The van der Waals surface area contributed by atoms with Gasteiger partial charge in [0.05, 0.1) is 31.2 Å². The van der Waals surface area contributed by atoms with Gasteiger partial charge in [-0.1, -0.05) is 35.5 Å². The zero-order chi connectivity index (χ0) is 25.4. The average molecular weight is 507 g/mol. The monoisotopic (exact) mass is 506 g/mol. The van der Waals surface area contributed by atoms with E-state index in [1.165, 1.54) is 25.2 Å². The Balaban J connectivity index is 1.56. The predicted molar refractivity (Wildman–Crippen MR) is 132 cm³/mol. The number of para-hydroxylation sites is 2. The molecule has 2 heterocycles. The zero-order valence-electron chi connectivity index (χ0n) is 19.7. The van der Waals surface area contributed by atoms with Crippen molar-refractivity contribution in [3.63, 3.8) is 0 Å². The van der Waals surface area contributed by atoms with Crippen LogP contribution in [0.15, 0.2) is 76.1 Å². The molecule has 0 spiro atoms. The van der Waals surface area contributed by atoms with Crippen LogP contribution in [0.5, 0.6) is 11.5 Å². The van der Waals surface area contributed by atoms with E-state index >= 15 is 0 Å². The van der Waals surface area contributed by atoms with Crippen LogP contribution < -0.4 is 18.7 Å². The molecule has 4 aromatic rings. The summed E-state index contributed by atoms with van der Waals surface area (Å²) in [7, 11) is -1.11. The summed E-state index contributed by atoms with van der Waals surface area (Å²) in [6.45, 7) is 1.68. The molecule has 11 heteroatoms. The lowest BCUT2D eigenvalue weighted by molar-refractivity contribution is 0.252. The summed E-state index contributed by atoms with van der Waals surface area (Å²) < 4.78 is 43.9. The van der Waals surface area contributed by atoms with Gasteiger partial charge in [-0.2, -0.15) is 9.29 Å². The molecule has 184 valence electrons. The number of hydrogen-bond donors (Lipinski definition) is 0. The van der Waals surface area contributed by atoms with Crippen LogP contribution in [0.25, 0.3) is 11.4 Å². The molecule has 0 radical (unpaired) electrons. The number of amides is 2. The van der Waals surface area contributed by atoms with E-state index in [0.717, 1.165) is 9.87 Å². The second-order valence-electron chi connectivity index (χ2n) is 8.00. The Bertz CT molecular complexity index is 1570. The molecule has 36 heavy (non-hydrogen) atoms. The highest BCUT2D eigenvalue weighted by Gasteiger charge is 2.43. The second kappa shape index (κ2) is 9.00. The van der Waals surface area contributed by atoms with Crippen LogP contribution in [-0.2, 0) is 16.6 Å². The number of carbonyl (C=O) groups excluding carboxylic acids is 1. The number of urea groups is 1. The summed E-state index contributed by atoms with van der Waals surface area (Å²) >= 11 is 0. The molecule has 10 nitrogen and oxygen atoms in total. The minimum atomic E-state index is -4.14. The largest absolute Gasteiger partial charge is 0.493 e. The van der Waals surface area contributed by atoms with Gasteiger partial charge >= 0.3 is 6.03 Å². The Morgan fingerprint density at radius 3 is 2.50 bits per heavy atom. The molecule has 0 aliphatic carbocycles. The molecular weight excluding hydrogens is 484 g/mol. The number of hydrogen-bond acceptors (Lipinski definition) is 8. The maximum atomic E-state index is 13.6. The van der Waals surface area contributed by atoms with Crippen molar-refractivity contribution in [3.05, 3.63) is 78.2 Å². The lowest BCUT2D eigenvalue weighted by Crippen LogP contribution is -2.50. The van der Waals surface area contributed by atoms with Crippen molar-refractivity contribution in [3.8, 4) is 22.9 Å². The third-order valence-corrected chi connectivity index (χ3v) is 7.47. The Morgan fingerprint density at radius 1 is 0.972 bits per heavy atom. The quantitative estimate of drug-likeness (QED) is 0.378. The lowest BCUT2D eigenvalue weighted by atomic mass is 10.1. The van der Waals surface area contributed by atoms with Gasteiger partial charge < -0.3 is 14.0 Å². The van der Waals surface area contributed by atoms with Gasteiger partial charge in [0, 0.05) is 0 Å². The van der Waals surface area contributed by atoms with E-state index in [4.69, 9.17) is 14.0 Å². The summed E-state index contributed by atoms with van der Waals surface area (Å²) in [6.07, 6.45) is 0. The third-order valence-electron chi connectivity index (χ3n) is 5.72. The smallest absolute Gasteiger partial charge is 0.343 e. The van der Waals surface area contributed by atoms with E-state index in [1.807, 2.05) is 13.0 Å². The molecule has 0 unspecified atom stereocenters. The van der Waals surface area contributed by atoms with Crippen molar-refractivity contribution in [1.29, 1.82) is 0 Å². The molecule has 0 bridgehead atoms. The van der Waals surface area contributed by atoms with Gasteiger partial charge in [0.2, 0.25) is 11.7 Å². The summed E-state index contributed by atoms with van der Waals surface area (Å²) in [5.74, 6) is 1.28. The number of benzene rings is 3. The summed E-state index contributed by atoms with van der Waals surface area (Å²) in [6, 6.07) is 17.6. The van der Waals surface area contributed by atoms with Gasteiger partial charge in [0.15, 0.2) is 11.5 Å². The highest BCUT2D eigenvalue weighted by atomic mass is 32.2. The number of nitrogens with zero attached hydrogens (tertiary/aromatic N) is 4. The Kier molecular flexibility index (Phi) is 5.84. The first kappa shape index (κ1) is 23.4. The van der Waals surface area contributed by atoms with Crippen LogP contribution >= 0.6 is 0 Å². The molecule has 1 aromatic heterocycles. The van der Waals surface area contributed by atoms with E-state index in [2.05, 4.69) is 10.1 Å². The summed E-state index contributed by atoms with van der Waals surface area (Å²) in [5, 5.41) is 4.04. The van der Waals surface area contributed by atoms with Gasteiger partial charge in [-0.05, 0) is 48.9 Å². The molecule has 5 rings (SSSR count). The van der Waals surface area contributed by atoms with Crippen LogP contribution in [0.1, 0.15) is 11.5 Å². The predicted octanol–water partition coefficient (Wildman–Crippen LogP) is 4.40. The van der Waals surface area contributed by atoms with E-state index in [-0.39, 0.29) is 34.5 Å². The molecule has 0 saturated carbocycles. The number of sulfonamides is 1. The Morgan fingerprint density at radius 2 is 1.75 bits per heavy atom.